The van der Waals surface area contributed by atoms with Gasteiger partial charge in [0.15, 0.2) is 0 Å². The summed E-state index contributed by atoms with van der Waals surface area (Å²) in [5.74, 6) is 0.0997. The van der Waals surface area contributed by atoms with Crippen molar-refractivity contribution >= 4 is 23.3 Å². The standard InChI is InChI=1S/C21H24N4O4/c1-14(2)10-11-23-18-9-8-16(25(28)29)12-17(18)20(15-6-4-3-5-7-15)24(21(22)27)13-19(23)26/h3-9,12,14,20H,10-11,13H2,1-2H3,(H2,22,27). The van der Waals surface area contributed by atoms with Crippen LogP contribution in [0, 0.1) is 16.0 Å². The number of primary amides is 1. The van der Waals surface area contributed by atoms with Gasteiger partial charge in [0.2, 0.25) is 5.91 Å². The maximum absolute atomic E-state index is 13.0. The fourth-order valence-corrected chi connectivity index (χ4v) is 3.58. The third kappa shape index (κ3) is 4.21. The maximum Gasteiger partial charge on any atom is 0.316 e. The minimum Gasteiger partial charge on any atom is -0.351 e. The van der Waals surface area contributed by atoms with Gasteiger partial charge >= 0.3 is 6.03 Å². The molecule has 1 aliphatic rings. The Labute approximate surface area is 169 Å². The SMILES string of the molecule is CC(C)CCN1C(=O)CN(C(N)=O)C(c2ccccc2)c2cc([N+](=O)[O-])ccc21. The van der Waals surface area contributed by atoms with Crippen molar-refractivity contribution in [2.24, 2.45) is 11.7 Å². The minimum absolute atomic E-state index is 0.104. The van der Waals surface area contributed by atoms with Crippen molar-refractivity contribution in [1.82, 2.24) is 4.90 Å². The molecule has 1 heterocycles. The molecule has 0 aromatic heterocycles. The number of carbonyl (C=O) groups excluding carboxylic acids is 2. The highest BCUT2D eigenvalue weighted by atomic mass is 16.6. The van der Waals surface area contributed by atoms with Crippen molar-refractivity contribution in [1.29, 1.82) is 0 Å². The average Bonchev–Trinajstić information content (AvgIpc) is 2.80. The number of hydrogen-bond acceptors (Lipinski definition) is 4. The van der Waals surface area contributed by atoms with Crippen LogP contribution in [0.2, 0.25) is 0 Å². The van der Waals surface area contributed by atoms with Crippen LogP contribution in [0.5, 0.6) is 0 Å². The Kier molecular flexibility index (Phi) is 5.81. The lowest BCUT2D eigenvalue weighted by Crippen LogP contribution is -2.44. The van der Waals surface area contributed by atoms with Crippen LogP contribution in [0.1, 0.15) is 37.4 Å². The molecular formula is C21H24N4O4. The average molecular weight is 396 g/mol. The second kappa shape index (κ2) is 8.30. The number of fused-ring (bicyclic) bond motifs is 1. The molecule has 8 nitrogen and oxygen atoms in total. The van der Waals surface area contributed by atoms with E-state index in [1.807, 2.05) is 30.3 Å². The highest BCUT2D eigenvalue weighted by Crippen LogP contribution is 2.39. The van der Waals surface area contributed by atoms with Crippen molar-refractivity contribution < 1.29 is 14.5 Å². The number of nitrogens with zero attached hydrogens (tertiary/aromatic N) is 3. The summed E-state index contributed by atoms with van der Waals surface area (Å²) in [6.45, 7) is 4.37. The fraction of sp³-hybridized carbons (Fsp3) is 0.333. The Bertz CT molecular complexity index is 930. The zero-order chi connectivity index (χ0) is 21.1. The van der Waals surface area contributed by atoms with Gasteiger partial charge in [-0.3, -0.25) is 14.9 Å². The molecule has 0 saturated heterocycles. The molecule has 0 aliphatic carbocycles. The highest BCUT2D eigenvalue weighted by molar-refractivity contribution is 5.99. The van der Waals surface area contributed by atoms with Gasteiger partial charge in [0, 0.05) is 29.9 Å². The highest BCUT2D eigenvalue weighted by Gasteiger charge is 2.36. The number of nitro benzene ring substituents is 1. The molecule has 3 rings (SSSR count). The summed E-state index contributed by atoms with van der Waals surface area (Å²) >= 11 is 0. The van der Waals surface area contributed by atoms with E-state index in [1.54, 1.807) is 11.0 Å². The third-order valence-corrected chi connectivity index (χ3v) is 5.05. The molecule has 1 unspecified atom stereocenters. The molecule has 8 heteroatoms. The lowest BCUT2D eigenvalue weighted by atomic mass is 9.95. The lowest BCUT2D eigenvalue weighted by molar-refractivity contribution is -0.384. The lowest BCUT2D eigenvalue weighted by Gasteiger charge is -2.28. The molecule has 0 bridgehead atoms. The largest absolute Gasteiger partial charge is 0.351 e. The molecule has 0 spiro atoms. The number of rotatable bonds is 5. The summed E-state index contributed by atoms with van der Waals surface area (Å²) in [6, 6.07) is 12.1. The molecule has 0 fully saturated rings. The van der Waals surface area contributed by atoms with Crippen LogP contribution >= 0.6 is 0 Å². The molecule has 0 radical (unpaired) electrons. The summed E-state index contributed by atoms with van der Waals surface area (Å²) < 4.78 is 0. The van der Waals surface area contributed by atoms with E-state index in [-0.39, 0.29) is 18.1 Å². The third-order valence-electron chi connectivity index (χ3n) is 5.05. The van der Waals surface area contributed by atoms with Gasteiger partial charge < -0.3 is 15.5 Å². The number of non-ortho nitro benzene ring substituents is 1. The summed E-state index contributed by atoms with van der Waals surface area (Å²) in [7, 11) is 0. The Balaban J connectivity index is 2.23. The van der Waals surface area contributed by atoms with Gasteiger partial charge in [-0.25, -0.2) is 4.79 Å². The molecule has 2 N–H and O–H groups in total. The molecule has 0 saturated carbocycles. The number of benzene rings is 2. The molecule has 1 atom stereocenters. The van der Waals surface area contributed by atoms with Crippen LogP contribution in [0.25, 0.3) is 0 Å². The topological polar surface area (TPSA) is 110 Å². The van der Waals surface area contributed by atoms with Gasteiger partial charge in [-0.05, 0) is 24.0 Å². The number of nitro groups is 1. The van der Waals surface area contributed by atoms with Crippen LogP contribution in [-0.4, -0.2) is 34.9 Å². The quantitative estimate of drug-likeness (QED) is 0.616. The first-order chi connectivity index (χ1) is 13.8. The maximum atomic E-state index is 13.0. The first kappa shape index (κ1) is 20.3. The second-order valence-corrected chi connectivity index (χ2v) is 7.51. The van der Waals surface area contributed by atoms with Gasteiger partial charge in [-0.15, -0.1) is 0 Å². The summed E-state index contributed by atoms with van der Waals surface area (Å²) in [6.07, 6.45) is 0.759. The first-order valence-electron chi connectivity index (χ1n) is 9.49. The van der Waals surface area contributed by atoms with E-state index >= 15 is 0 Å². The molecule has 29 heavy (non-hydrogen) atoms. The zero-order valence-electron chi connectivity index (χ0n) is 16.4. The molecule has 2 aromatic carbocycles. The normalized spacial score (nSPS) is 16.5. The number of anilines is 1. The van der Waals surface area contributed by atoms with Crippen LogP contribution in [0.3, 0.4) is 0 Å². The van der Waals surface area contributed by atoms with E-state index in [9.17, 15) is 19.7 Å². The van der Waals surface area contributed by atoms with Crippen LogP contribution in [-0.2, 0) is 4.79 Å². The molecule has 3 amide bonds. The van der Waals surface area contributed by atoms with E-state index in [4.69, 9.17) is 5.73 Å². The summed E-state index contributed by atoms with van der Waals surface area (Å²) in [5, 5.41) is 11.4. The molecule has 1 aliphatic heterocycles. The smallest absolute Gasteiger partial charge is 0.316 e. The predicted octanol–water partition coefficient (Wildman–Crippen LogP) is 3.46. The van der Waals surface area contributed by atoms with Crippen molar-refractivity contribution in [3.8, 4) is 0 Å². The van der Waals surface area contributed by atoms with Crippen molar-refractivity contribution in [2.75, 3.05) is 18.0 Å². The van der Waals surface area contributed by atoms with Gasteiger partial charge in [0.05, 0.1) is 11.0 Å². The summed E-state index contributed by atoms with van der Waals surface area (Å²) in [4.78, 5) is 39.1. The van der Waals surface area contributed by atoms with Gasteiger partial charge in [0.1, 0.15) is 6.54 Å². The predicted molar refractivity (Wildman–Crippen MR) is 109 cm³/mol. The zero-order valence-corrected chi connectivity index (χ0v) is 16.4. The van der Waals surface area contributed by atoms with Gasteiger partial charge in [-0.1, -0.05) is 44.2 Å². The van der Waals surface area contributed by atoms with E-state index in [0.29, 0.717) is 23.7 Å². The molecular weight excluding hydrogens is 372 g/mol. The Hall–Kier alpha value is -3.42. The van der Waals surface area contributed by atoms with Crippen LogP contribution in [0.4, 0.5) is 16.2 Å². The van der Waals surface area contributed by atoms with E-state index < -0.39 is 17.0 Å². The summed E-state index contributed by atoms with van der Waals surface area (Å²) in [5.41, 5.74) is 7.34. The van der Waals surface area contributed by atoms with Crippen molar-refractivity contribution in [2.45, 2.75) is 26.3 Å². The fourth-order valence-electron chi connectivity index (χ4n) is 3.58. The number of urea groups is 1. The van der Waals surface area contributed by atoms with Crippen molar-refractivity contribution in [3.63, 3.8) is 0 Å². The Morgan fingerprint density at radius 3 is 2.52 bits per heavy atom. The Morgan fingerprint density at radius 1 is 1.24 bits per heavy atom. The minimum atomic E-state index is -0.754. The van der Waals surface area contributed by atoms with Crippen LogP contribution < -0.4 is 10.6 Å². The van der Waals surface area contributed by atoms with Gasteiger partial charge in [0.25, 0.3) is 5.69 Å². The first-order valence-corrected chi connectivity index (χ1v) is 9.49. The van der Waals surface area contributed by atoms with Crippen molar-refractivity contribution in [3.05, 3.63) is 69.8 Å². The van der Waals surface area contributed by atoms with E-state index in [0.717, 1.165) is 12.0 Å². The second-order valence-electron chi connectivity index (χ2n) is 7.51. The number of hydrogen-bond donors (Lipinski definition) is 1. The molecule has 152 valence electrons. The number of amides is 3. The Morgan fingerprint density at radius 2 is 1.93 bits per heavy atom. The van der Waals surface area contributed by atoms with E-state index in [2.05, 4.69) is 13.8 Å². The molecule has 2 aromatic rings. The van der Waals surface area contributed by atoms with E-state index in [1.165, 1.54) is 17.0 Å². The van der Waals surface area contributed by atoms with Gasteiger partial charge in [-0.2, -0.15) is 0 Å². The number of nitrogens with two attached hydrogens (primary N) is 1. The monoisotopic (exact) mass is 396 g/mol. The van der Waals surface area contributed by atoms with Crippen LogP contribution in [0.15, 0.2) is 48.5 Å². The number of carbonyl (C=O) groups is 2.